The highest BCUT2D eigenvalue weighted by molar-refractivity contribution is 7.99. The number of benzene rings is 1. The molecule has 2 unspecified atom stereocenters. The lowest BCUT2D eigenvalue weighted by Gasteiger charge is -2.16. The molecule has 2 rings (SSSR count). The molecule has 2 atom stereocenters. The molecule has 0 aromatic heterocycles. The number of thioether (sulfide) groups is 1. The van der Waals surface area contributed by atoms with E-state index in [2.05, 4.69) is 30.1 Å². The Morgan fingerprint density at radius 2 is 2.19 bits per heavy atom. The van der Waals surface area contributed by atoms with E-state index in [0.29, 0.717) is 6.04 Å². The molecule has 88 valence electrons. The van der Waals surface area contributed by atoms with Gasteiger partial charge in [-0.3, -0.25) is 0 Å². The Kier molecular flexibility index (Phi) is 3.99. The van der Waals surface area contributed by atoms with Gasteiger partial charge in [0.25, 0.3) is 0 Å². The van der Waals surface area contributed by atoms with Crippen LogP contribution in [-0.2, 0) is 0 Å². The van der Waals surface area contributed by atoms with Crippen LogP contribution in [0.4, 0.5) is 11.4 Å². The Labute approximate surface area is 102 Å². The van der Waals surface area contributed by atoms with Gasteiger partial charge in [-0.2, -0.15) is 11.8 Å². The van der Waals surface area contributed by atoms with Gasteiger partial charge in [0.15, 0.2) is 0 Å². The SMILES string of the molecule is CCSC1CCC(Nc2ccccc2N)C1. The van der Waals surface area contributed by atoms with Gasteiger partial charge in [-0.25, -0.2) is 0 Å². The lowest BCUT2D eigenvalue weighted by atomic mass is 10.2. The Morgan fingerprint density at radius 1 is 1.38 bits per heavy atom. The van der Waals surface area contributed by atoms with Crippen LogP contribution in [0.25, 0.3) is 0 Å². The fourth-order valence-corrected chi connectivity index (χ4v) is 3.45. The molecule has 3 N–H and O–H groups in total. The third-order valence-corrected chi connectivity index (χ3v) is 4.34. The molecule has 0 heterocycles. The van der Waals surface area contributed by atoms with Gasteiger partial charge in [0.1, 0.15) is 0 Å². The molecular weight excluding hydrogens is 216 g/mol. The molecule has 1 aliphatic rings. The summed E-state index contributed by atoms with van der Waals surface area (Å²) in [6.07, 6.45) is 3.88. The second kappa shape index (κ2) is 5.48. The maximum Gasteiger partial charge on any atom is 0.0576 e. The molecule has 1 aliphatic carbocycles. The molecule has 1 aromatic carbocycles. The van der Waals surface area contributed by atoms with Crippen molar-refractivity contribution in [3.05, 3.63) is 24.3 Å². The number of nitrogens with two attached hydrogens (primary N) is 1. The number of rotatable bonds is 4. The first-order valence-electron chi connectivity index (χ1n) is 6.02. The van der Waals surface area contributed by atoms with Crippen LogP contribution in [0.5, 0.6) is 0 Å². The third kappa shape index (κ3) is 2.85. The summed E-state index contributed by atoms with van der Waals surface area (Å²) in [4.78, 5) is 0. The average molecular weight is 236 g/mol. The minimum absolute atomic E-state index is 0.605. The highest BCUT2D eigenvalue weighted by atomic mass is 32.2. The Bertz CT molecular complexity index is 340. The molecule has 0 aliphatic heterocycles. The molecule has 1 saturated carbocycles. The topological polar surface area (TPSA) is 38.0 Å². The molecule has 0 saturated heterocycles. The van der Waals surface area contributed by atoms with Gasteiger partial charge in [0.05, 0.1) is 11.4 Å². The summed E-state index contributed by atoms with van der Waals surface area (Å²) < 4.78 is 0. The number of hydrogen-bond donors (Lipinski definition) is 2. The highest BCUT2D eigenvalue weighted by Gasteiger charge is 2.24. The first-order valence-corrected chi connectivity index (χ1v) is 7.07. The maximum atomic E-state index is 5.92. The van der Waals surface area contributed by atoms with E-state index in [1.54, 1.807) is 0 Å². The average Bonchev–Trinajstić information content (AvgIpc) is 2.70. The van der Waals surface area contributed by atoms with Crippen LogP contribution in [0, 0.1) is 0 Å². The molecule has 0 spiro atoms. The van der Waals surface area contributed by atoms with E-state index in [4.69, 9.17) is 5.73 Å². The molecule has 3 heteroatoms. The van der Waals surface area contributed by atoms with E-state index >= 15 is 0 Å². The van der Waals surface area contributed by atoms with Crippen molar-refractivity contribution in [1.82, 2.24) is 0 Å². The zero-order chi connectivity index (χ0) is 11.4. The van der Waals surface area contributed by atoms with Crippen LogP contribution in [-0.4, -0.2) is 17.0 Å². The highest BCUT2D eigenvalue weighted by Crippen LogP contribution is 2.32. The second-order valence-electron chi connectivity index (χ2n) is 4.32. The Hall–Kier alpha value is -0.830. The van der Waals surface area contributed by atoms with Gasteiger partial charge in [-0.05, 0) is 37.1 Å². The van der Waals surface area contributed by atoms with Gasteiger partial charge in [0.2, 0.25) is 0 Å². The lowest BCUT2D eigenvalue weighted by molar-refractivity contribution is 0.757. The smallest absolute Gasteiger partial charge is 0.0576 e. The van der Waals surface area contributed by atoms with Gasteiger partial charge in [0, 0.05) is 11.3 Å². The van der Waals surface area contributed by atoms with E-state index in [-0.39, 0.29) is 0 Å². The molecule has 16 heavy (non-hydrogen) atoms. The van der Waals surface area contributed by atoms with E-state index in [9.17, 15) is 0 Å². The van der Waals surface area contributed by atoms with Crippen LogP contribution in [0.15, 0.2) is 24.3 Å². The van der Waals surface area contributed by atoms with Crippen LogP contribution in [0.1, 0.15) is 26.2 Å². The normalized spacial score (nSPS) is 24.6. The minimum atomic E-state index is 0.605. The van der Waals surface area contributed by atoms with E-state index in [0.717, 1.165) is 16.6 Å². The monoisotopic (exact) mass is 236 g/mol. The molecule has 1 aromatic rings. The molecular formula is C13H20N2S. The second-order valence-corrected chi connectivity index (χ2v) is 5.90. The Morgan fingerprint density at radius 3 is 2.94 bits per heavy atom. The van der Waals surface area contributed by atoms with Crippen molar-refractivity contribution in [2.75, 3.05) is 16.8 Å². The zero-order valence-electron chi connectivity index (χ0n) is 9.78. The lowest BCUT2D eigenvalue weighted by Crippen LogP contribution is -2.16. The van der Waals surface area contributed by atoms with Crippen molar-refractivity contribution in [2.45, 2.75) is 37.5 Å². The third-order valence-electron chi connectivity index (χ3n) is 3.11. The van der Waals surface area contributed by atoms with Crippen LogP contribution < -0.4 is 11.1 Å². The minimum Gasteiger partial charge on any atom is -0.397 e. The van der Waals surface area contributed by atoms with E-state index in [1.807, 2.05) is 18.2 Å². The van der Waals surface area contributed by atoms with Crippen molar-refractivity contribution in [1.29, 1.82) is 0 Å². The predicted molar refractivity (Wildman–Crippen MR) is 74.0 cm³/mol. The standard InChI is InChI=1S/C13H20N2S/c1-2-16-11-8-7-10(9-11)15-13-6-4-3-5-12(13)14/h3-6,10-11,15H,2,7-9,14H2,1H3. The predicted octanol–water partition coefficient (Wildman–Crippen LogP) is 3.35. The first-order chi connectivity index (χ1) is 7.79. The molecule has 0 bridgehead atoms. The summed E-state index contributed by atoms with van der Waals surface area (Å²) >= 11 is 2.09. The van der Waals surface area contributed by atoms with Gasteiger partial charge < -0.3 is 11.1 Å². The van der Waals surface area contributed by atoms with E-state index < -0.39 is 0 Å². The van der Waals surface area contributed by atoms with Crippen molar-refractivity contribution < 1.29 is 0 Å². The molecule has 0 amide bonds. The largest absolute Gasteiger partial charge is 0.397 e. The summed E-state index contributed by atoms with van der Waals surface area (Å²) in [6.45, 7) is 2.24. The van der Waals surface area contributed by atoms with Crippen molar-refractivity contribution in [3.63, 3.8) is 0 Å². The summed E-state index contributed by atoms with van der Waals surface area (Å²) in [7, 11) is 0. The van der Waals surface area contributed by atoms with Crippen LogP contribution in [0.3, 0.4) is 0 Å². The van der Waals surface area contributed by atoms with Crippen LogP contribution in [0.2, 0.25) is 0 Å². The first kappa shape index (κ1) is 11.6. The zero-order valence-corrected chi connectivity index (χ0v) is 10.6. The number of hydrogen-bond acceptors (Lipinski definition) is 3. The molecule has 2 nitrogen and oxygen atoms in total. The summed E-state index contributed by atoms with van der Waals surface area (Å²) in [5.41, 5.74) is 7.87. The summed E-state index contributed by atoms with van der Waals surface area (Å²) in [6, 6.07) is 8.64. The van der Waals surface area contributed by atoms with Crippen molar-refractivity contribution in [2.24, 2.45) is 0 Å². The summed E-state index contributed by atoms with van der Waals surface area (Å²) in [5, 5.41) is 4.40. The van der Waals surface area contributed by atoms with Gasteiger partial charge >= 0.3 is 0 Å². The van der Waals surface area contributed by atoms with Gasteiger partial charge in [-0.1, -0.05) is 19.1 Å². The van der Waals surface area contributed by atoms with Crippen molar-refractivity contribution in [3.8, 4) is 0 Å². The quantitative estimate of drug-likeness (QED) is 0.787. The number of para-hydroxylation sites is 2. The van der Waals surface area contributed by atoms with E-state index in [1.165, 1.54) is 25.0 Å². The Balaban J connectivity index is 1.90. The number of anilines is 2. The number of nitrogen functional groups attached to an aromatic ring is 1. The van der Waals surface area contributed by atoms with Gasteiger partial charge in [-0.15, -0.1) is 0 Å². The fraction of sp³-hybridized carbons (Fsp3) is 0.538. The maximum absolute atomic E-state index is 5.92. The summed E-state index contributed by atoms with van der Waals surface area (Å²) in [5.74, 6) is 1.23. The van der Waals surface area contributed by atoms with Crippen LogP contribution >= 0.6 is 11.8 Å². The molecule has 1 fully saturated rings. The van der Waals surface area contributed by atoms with Crippen molar-refractivity contribution >= 4 is 23.1 Å². The number of nitrogens with one attached hydrogen (secondary N) is 1. The fourth-order valence-electron chi connectivity index (χ4n) is 2.31. The molecule has 0 radical (unpaired) electrons.